The van der Waals surface area contributed by atoms with Crippen molar-refractivity contribution in [2.45, 2.75) is 25.1 Å². The fourth-order valence-electron chi connectivity index (χ4n) is 3.22. The molecule has 0 spiro atoms. The molecular weight excluding hydrogens is 365 g/mol. The Morgan fingerprint density at radius 3 is 2.73 bits per heavy atom. The Labute approximate surface area is 154 Å². The highest BCUT2D eigenvalue weighted by atomic mass is 35.5. The topological polar surface area (TPSA) is 32.3 Å². The van der Waals surface area contributed by atoms with Crippen molar-refractivity contribution in [2.75, 3.05) is 18.9 Å². The van der Waals surface area contributed by atoms with Crippen molar-refractivity contribution < 1.29 is 18.0 Å². The minimum atomic E-state index is -4.49. The molecular formula is C19H18ClF3N2O. The van der Waals surface area contributed by atoms with E-state index in [4.69, 9.17) is 11.6 Å². The van der Waals surface area contributed by atoms with Gasteiger partial charge in [0.15, 0.2) is 0 Å². The average Bonchev–Trinajstić information content (AvgIpc) is 2.58. The van der Waals surface area contributed by atoms with Gasteiger partial charge in [0.25, 0.3) is 0 Å². The zero-order valence-corrected chi connectivity index (χ0v) is 14.9. The first-order chi connectivity index (χ1) is 12.3. The van der Waals surface area contributed by atoms with Crippen molar-refractivity contribution in [2.24, 2.45) is 0 Å². The standard InChI is InChI=1S/C19H18ClF3N2O/c1-25-9-8-12-4-2-3-5-14(12)17(25)11-18(26)24-16-10-13(19(21,22)23)6-7-15(16)20/h2-7,10,17H,8-9,11H2,1H3,(H,24,26). The van der Waals surface area contributed by atoms with Crippen molar-refractivity contribution in [3.05, 3.63) is 64.2 Å². The van der Waals surface area contributed by atoms with Gasteiger partial charge in [0.05, 0.1) is 16.3 Å². The second-order valence-electron chi connectivity index (χ2n) is 6.39. The summed E-state index contributed by atoms with van der Waals surface area (Å²) in [7, 11) is 1.94. The number of fused-ring (bicyclic) bond motifs is 1. The number of nitrogens with one attached hydrogen (secondary N) is 1. The van der Waals surface area contributed by atoms with Gasteiger partial charge in [-0.1, -0.05) is 35.9 Å². The summed E-state index contributed by atoms with van der Waals surface area (Å²) in [5.74, 6) is -0.375. The van der Waals surface area contributed by atoms with E-state index in [1.807, 2.05) is 31.3 Å². The van der Waals surface area contributed by atoms with Gasteiger partial charge in [-0.15, -0.1) is 0 Å². The number of hydrogen-bond acceptors (Lipinski definition) is 2. The van der Waals surface area contributed by atoms with E-state index in [9.17, 15) is 18.0 Å². The molecule has 0 saturated carbocycles. The largest absolute Gasteiger partial charge is 0.416 e. The SMILES string of the molecule is CN1CCc2ccccc2C1CC(=O)Nc1cc(C(F)(F)F)ccc1Cl. The number of alkyl halides is 3. The quantitative estimate of drug-likeness (QED) is 0.817. The lowest BCUT2D eigenvalue weighted by molar-refractivity contribution is -0.137. The Morgan fingerprint density at radius 2 is 2.00 bits per heavy atom. The average molecular weight is 383 g/mol. The van der Waals surface area contributed by atoms with Gasteiger partial charge in [-0.2, -0.15) is 13.2 Å². The summed E-state index contributed by atoms with van der Waals surface area (Å²) in [6.45, 7) is 0.819. The summed E-state index contributed by atoms with van der Waals surface area (Å²) < 4.78 is 38.6. The normalized spacial score (nSPS) is 17.7. The Morgan fingerprint density at radius 1 is 1.27 bits per heavy atom. The molecule has 1 unspecified atom stereocenters. The molecule has 3 rings (SSSR count). The number of carbonyl (C=O) groups is 1. The number of anilines is 1. The molecule has 0 fully saturated rings. The van der Waals surface area contributed by atoms with Crippen LogP contribution in [0, 0.1) is 0 Å². The lowest BCUT2D eigenvalue weighted by Gasteiger charge is -2.34. The van der Waals surface area contributed by atoms with Gasteiger partial charge in [-0.05, 0) is 42.8 Å². The van der Waals surface area contributed by atoms with Crippen LogP contribution in [0.3, 0.4) is 0 Å². The Hall–Kier alpha value is -2.05. The van der Waals surface area contributed by atoms with Gasteiger partial charge in [0.2, 0.25) is 5.91 Å². The number of benzene rings is 2. The predicted octanol–water partition coefficient (Wildman–Crippen LogP) is 4.92. The molecule has 2 aromatic carbocycles. The molecule has 138 valence electrons. The van der Waals surface area contributed by atoms with Crippen LogP contribution in [0.1, 0.15) is 29.2 Å². The van der Waals surface area contributed by atoms with Gasteiger partial charge < -0.3 is 5.32 Å². The third-order valence-electron chi connectivity index (χ3n) is 4.63. The van der Waals surface area contributed by atoms with E-state index >= 15 is 0 Å². The molecule has 0 radical (unpaired) electrons. The molecule has 1 aliphatic heterocycles. The molecule has 1 aliphatic rings. The van der Waals surface area contributed by atoms with Crippen LogP contribution in [0.2, 0.25) is 5.02 Å². The maximum absolute atomic E-state index is 12.9. The summed E-state index contributed by atoms with van der Waals surface area (Å²) in [4.78, 5) is 14.6. The van der Waals surface area contributed by atoms with Gasteiger partial charge in [-0.3, -0.25) is 9.69 Å². The first-order valence-corrected chi connectivity index (χ1v) is 8.58. The summed E-state index contributed by atoms with van der Waals surface area (Å²) in [5.41, 5.74) is 1.39. The zero-order chi connectivity index (χ0) is 18.9. The van der Waals surface area contributed by atoms with E-state index in [0.717, 1.165) is 36.7 Å². The molecule has 26 heavy (non-hydrogen) atoms. The van der Waals surface area contributed by atoms with Crippen LogP contribution in [0.15, 0.2) is 42.5 Å². The van der Waals surface area contributed by atoms with Crippen molar-refractivity contribution in [1.82, 2.24) is 4.90 Å². The van der Waals surface area contributed by atoms with Gasteiger partial charge >= 0.3 is 6.18 Å². The second-order valence-corrected chi connectivity index (χ2v) is 6.80. The monoisotopic (exact) mass is 382 g/mol. The number of likely N-dealkylation sites (N-methyl/N-ethyl adjacent to an activating group) is 1. The first-order valence-electron chi connectivity index (χ1n) is 8.20. The molecule has 0 bridgehead atoms. The van der Waals surface area contributed by atoms with Crippen molar-refractivity contribution in [3.63, 3.8) is 0 Å². The van der Waals surface area contributed by atoms with E-state index in [1.54, 1.807) is 0 Å². The Bertz CT molecular complexity index is 823. The first kappa shape index (κ1) is 18.7. The van der Waals surface area contributed by atoms with Crippen LogP contribution in [0.5, 0.6) is 0 Å². The maximum Gasteiger partial charge on any atom is 0.416 e. The molecule has 1 atom stereocenters. The number of halogens is 4. The molecule has 3 nitrogen and oxygen atoms in total. The molecule has 0 saturated heterocycles. The summed E-state index contributed by atoms with van der Waals surface area (Å²) in [5, 5.41) is 2.60. The Kier molecular flexibility index (Phi) is 5.25. The van der Waals surface area contributed by atoms with Crippen molar-refractivity contribution in [1.29, 1.82) is 0 Å². The van der Waals surface area contributed by atoms with Gasteiger partial charge in [0, 0.05) is 19.0 Å². The summed E-state index contributed by atoms with van der Waals surface area (Å²) in [6, 6.07) is 10.7. The van der Waals surface area contributed by atoms with E-state index in [1.165, 1.54) is 5.56 Å². The van der Waals surface area contributed by atoms with E-state index in [0.29, 0.717) is 0 Å². The highest BCUT2D eigenvalue weighted by Gasteiger charge is 2.31. The number of nitrogens with zero attached hydrogens (tertiary/aromatic N) is 1. The Balaban J connectivity index is 1.78. The molecule has 2 aromatic rings. The highest BCUT2D eigenvalue weighted by Crippen LogP contribution is 2.35. The molecule has 0 aromatic heterocycles. The number of amides is 1. The second kappa shape index (κ2) is 7.29. The van der Waals surface area contributed by atoms with Crippen LogP contribution in [-0.2, 0) is 17.4 Å². The minimum Gasteiger partial charge on any atom is -0.325 e. The fourth-order valence-corrected chi connectivity index (χ4v) is 3.38. The van der Waals surface area contributed by atoms with E-state index < -0.39 is 11.7 Å². The van der Waals surface area contributed by atoms with E-state index in [2.05, 4.69) is 10.2 Å². The van der Waals surface area contributed by atoms with Gasteiger partial charge in [0.1, 0.15) is 0 Å². The summed E-state index contributed by atoms with van der Waals surface area (Å²) >= 11 is 5.95. The predicted molar refractivity (Wildman–Crippen MR) is 95.2 cm³/mol. The van der Waals surface area contributed by atoms with Crippen LogP contribution in [-0.4, -0.2) is 24.4 Å². The smallest absolute Gasteiger partial charge is 0.325 e. The molecule has 1 heterocycles. The third kappa shape index (κ3) is 4.02. The van der Waals surface area contributed by atoms with Gasteiger partial charge in [-0.25, -0.2) is 0 Å². The summed E-state index contributed by atoms with van der Waals surface area (Å²) in [6.07, 6.45) is -3.45. The maximum atomic E-state index is 12.9. The molecule has 1 N–H and O–H groups in total. The number of rotatable bonds is 3. The number of hydrogen-bond donors (Lipinski definition) is 1. The van der Waals surface area contributed by atoms with Crippen LogP contribution >= 0.6 is 11.6 Å². The molecule has 0 aliphatic carbocycles. The molecule has 7 heteroatoms. The van der Waals surface area contributed by atoms with Crippen molar-refractivity contribution >= 4 is 23.2 Å². The van der Waals surface area contributed by atoms with Crippen LogP contribution in [0.25, 0.3) is 0 Å². The highest BCUT2D eigenvalue weighted by molar-refractivity contribution is 6.33. The lowest BCUT2D eigenvalue weighted by Crippen LogP contribution is -2.34. The van der Waals surface area contributed by atoms with Crippen LogP contribution < -0.4 is 5.32 Å². The zero-order valence-electron chi connectivity index (χ0n) is 14.1. The minimum absolute atomic E-state index is 0.0294. The van der Waals surface area contributed by atoms with E-state index in [-0.39, 0.29) is 29.1 Å². The number of carbonyl (C=O) groups excluding carboxylic acids is 1. The third-order valence-corrected chi connectivity index (χ3v) is 4.96. The fraction of sp³-hybridized carbons (Fsp3) is 0.316. The lowest BCUT2D eigenvalue weighted by atomic mass is 9.91. The molecule has 1 amide bonds. The van der Waals surface area contributed by atoms with Crippen LogP contribution in [0.4, 0.5) is 18.9 Å². The van der Waals surface area contributed by atoms with Crippen molar-refractivity contribution in [3.8, 4) is 0 Å².